The van der Waals surface area contributed by atoms with E-state index >= 15 is 0 Å². The predicted octanol–water partition coefficient (Wildman–Crippen LogP) is 2.52. The largest absolute Gasteiger partial charge is 0.508 e. The van der Waals surface area contributed by atoms with Gasteiger partial charge in [0.15, 0.2) is 6.10 Å². The van der Waals surface area contributed by atoms with E-state index in [9.17, 15) is 14.7 Å². The second-order valence-corrected chi connectivity index (χ2v) is 7.44. The fourth-order valence-corrected chi connectivity index (χ4v) is 3.40. The summed E-state index contributed by atoms with van der Waals surface area (Å²) in [6, 6.07) is 13.8. The Morgan fingerprint density at radius 3 is 2.27 bits per heavy atom. The molecule has 2 aromatic rings. The molecule has 160 valence electrons. The molecule has 0 spiro atoms. The number of carbonyl (C=O) groups is 2. The van der Waals surface area contributed by atoms with E-state index in [1.165, 1.54) is 12.1 Å². The number of amides is 2. The fraction of sp³-hybridized carbons (Fsp3) is 0.391. The Kier molecular flexibility index (Phi) is 7.17. The minimum absolute atomic E-state index is 0.0217. The molecule has 1 unspecified atom stereocenters. The van der Waals surface area contributed by atoms with Crippen LogP contribution in [0.25, 0.3) is 0 Å². The maximum absolute atomic E-state index is 12.6. The van der Waals surface area contributed by atoms with Gasteiger partial charge in [0, 0.05) is 19.1 Å². The Labute approximate surface area is 176 Å². The van der Waals surface area contributed by atoms with Crippen LogP contribution in [0.2, 0.25) is 0 Å². The molecular formula is C23H28N2O5. The number of carbonyl (C=O) groups excluding carboxylic acids is 2. The van der Waals surface area contributed by atoms with Crippen molar-refractivity contribution in [2.24, 2.45) is 0 Å². The van der Waals surface area contributed by atoms with Crippen molar-refractivity contribution in [2.45, 2.75) is 38.3 Å². The van der Waals surface area contributed by atoms with Crippen molar-refractivity contribution in [3.05, 3.63) is 54.1 Å². The first-order chi connectivity index (χ1) is 14.4. The number of nitrogens with zero attached hydrogens (tertiary/aromatic N) is 1. The first-order valence-electron chi connectivity index (χ1n) is 10.1. The van der Waals surface area contributed by atoms with Gasteiger partial charge in [0.25, 0.3) is 5.91 Å². The third kappa shape index (κ3) is 5.89. The number of ether oxygens (including phenoxy) is 2. The third-order valence-corrected chi connectivity index (χ3v) is 5.23. The summed E-state index contributed by atoms with van der Waals surface area (Å²) in [6.07, 6.45) is 1.14. The first-order valence-corrected chi connectivity index (χ1v) is 10.1. The molecule has 1 heterocycles. The van der Waals surface area contributed by atoms with Crippen LogP contribution in [0, 0.1) is 0 Å². The lowest BCUT2D eigenvalue weighted by atomic mass is 10.0. The number of benzene rings is 2. The number of likely N-dealkylation sites (tertiary alicyclic amines) is 1. The Morgan fingerprint density at radius 1 is 1.07 bits per heavy atom. The summed E-state index contributed by atoms with van der Waals surface area (Å²) in [7, 11) is 1.61. The molecule has 1 fully saturated rings. The first kappa shape index (κ1) is 21.5. The van der Waals surface area contributed by atoms with Crippen molar-refractivity contribution in [3.63, 3.8) is 0 Å². The van der Waals surface area contributed by atoms with Crippen LogP contribution < -0.4 is 14.8 Å². The average Bonchev–Trinajstić information content (AvgIpc) is 2.76. The van der Waals surface area contributed by atoms with Crippen LogP contribution in [-0.2, 0) is 16.0 Å². The van der Waals surface area contributed by atoms with Gasteiger partial charge in [-0.25, -0.2) is 0 Å². The van der Waals surface area contributed by atoms with Gasteiger partial charge in [-0.2, -0.15) is 0 Å². The summed E-state index contributed by atoms with van der Waals surface area (Å²) in [6.45, 7) is 2.93. The van der Waals surface area contributed by atoms with Gasteiger partial charge in [-0.05, 0) is 61.7 Å². The topological polar surface area (TPSA) is 88.1 Å². The number of methoxy groups -OCH3 is 1. The summed E-state index contributed by atoms with van der Waals surface area (Å²) in [4.78, 5) is 26.8. The molecule has 1 atom stereocenters. The lowest BCUT2D eigenvalue weighted by Gasteiger charge is -2.33. The van der Waals surface area contributed by atoms with Crippen molar-refractivity contribution < 1.29 is 24.2 Å². The van der Waals surface area contributed by atoms with Gasteiger partial charge < -0.3 is 24.8 Å². The molecule has 1 aliphatic rings. The van der Waals surface area contributed by atoms with Crippen molar-refractivity contribution in [2.75, 3.05) is 20.2 Å². The second kappa shape index (κ2) is 10.0. The van der Waals surface area contributed by atoms with Crippen LogP contribution >= 0.6 is 0 Å². The van der Waals surface area contributed by atoms with E-state index in [0.717, 1.165) is 11.3 Å². The highest BCUT2D eigenvalue weighted by Crippen LogP contribution is 2.18. The second-order valence-electron chi connectivity index (χ2n) is 7.44. The van der Waals surface area contributed by atoms with Crippen molar-refractivity contribution >= 4 is 11.8 Å². The quantitative estimate of drug-likeness (QED) is 0.730. The lowest BCUT2D eigenvalue weighted by Crippen LogP contribution is -2.49. The Balaban J connectivity index is 1.42. The van der Waals surface area contributed by atoms with Gasteiger partial charge in [-0.15, -0.1) is 0 Å². The van der Waals surface area contributed by atoms with Gasteiger partial charge in [-0.1, -0.05) is 12.1 Å². The van der Waals surface area contributed by atoms with E-state index in [4.69, 9.17) is 9.47 Å². The number of hydrogen-bond donors (Lipinski definition) is 2. The molecule has 0 saturated carbocycles. The monoisotopic (exact) mass is 412 g/mol. The van der Waals surface area contributed by atoms with E-state index in [0.29, 0.717) is 38.1 Å². The van der Waals surface area contributed by atoms with E-state index in [-0.39, 0.29) is 23.6 Å². The number of aromatic hydroxyl groups is 1. The average molecular weight is 412 g/mol. The van der Waals surface area contributed by atoms with Crippen LogP contribution in [0.5, 0.6) is 17.2 Å². The maximum atomic E-state index is 12.6. The lowest BCUT2D eigenvalue weighted by molar-refractivity contribution is -0.132. The zero-order valence-corrected chi connectivity index (χ0v) is 17.3. The highest BCUT2D eigenvalue weighted by molar-refractivity contribution is 5.81. The van der Waals surface area contributed by atoms with Gasteiger partial charge in [0.05, 0.1) is 13.5 Å². The minimum Gasteiger partial charge on any atom is -0.508 e. The van der Waals surface area contributed by atoms with Crippen molar-refractivity contribution in [1.82, 2.24) is 10.2 Å². The highest BCUT2D eigenvalue weighted by atomic mass is 16.5. The molecule has 0 aliphatic carbocycles. The summed E-state index contributed by atoms with van der Waals surface area (Å²) < 4.78 is 10.8. The van der Waals surface area contributed by atoms with Crippen LogP contribution in [-0.4, -0.2) is 54.2 Å². The number of piperidine rings is 1. The summed E-state index contributed by atoms with van der Waals surface area (Å²) >= 11 is 0. The number of rotatable bonds is 7. The van der Waals surface area contributed by atoms with Crippen molar-refractivity contribution in [3.8, 4) is 17.2 Å². The third-order valence-electron chi connectivity index (χ3n) is 5.23. The van der Waals surface area contributed by atoms with E-state index in [2.05, 4.69) is 5.32 Å². The highest BCUT2D eigenvalue weighted by Gasteiger charge is 2.25. The number of nitrogens with one attached hydrogen (secondary N) is 1. The van der Waals surface area contributed by atoms with Crippen LogP contribution in [0.15, 0.2) is 48.5 Å². The van der Waals surface area contributed by atoms with E-state index in [1.54, 1.807) is 26.2 Å². The molecule has 2 amide bonds. The molecular weight excluding hydrogens is 384 g/mol. The minimum atomic E-state index is -0.649. The maximum Gasteiger partial charge on any atom is 0.260 e. The molecule has 0 bridgehead atoms. The fourth-order valence-electron chi connectivity index (χ4n) is 3.40. The summed E-state index contributed by atoms with van der Waals surface area (Å²) in [5.74, 6) is 1.34. The molecule has 1 aliphatic heterocycles. The SMILES string of the molecule is COc1ccc(CC(=O)N2CCC(NC(=O)C(C)Oc3ccc(O)cc3)CC2)cc1. The summed E-state index contributed by atoms with van der Waals surface area (Å²) in [5.41, 5.74) is 0.955. The number of hydrogen-bond acceptors (Lipinski definition) is 5. The normalized spacial score (nSPS) is 15.3. The molecule has 0 radical (unpaired) electrons. The van der Waals surface area contributed by atoms with Crippen LogP contribution in [0.1, 0.15) is 25.3 Å². The Morgan fingerprint density at radius 2 is 1.67 bits per heavy atom. The van der Waals surface area contributed by atoms with E-state index in [1.807, 2.05) is 29.2 Å². The molecule has 3 rings (SSSR count). The Hall–Kier alpha value is -3.22. The van der Waals surface area contributed by atoms with Gasteiger partial charge in [0.2, 0.25) is 5.91 Å². The summed E-state index contributed by atoms with van der Waals surface area (Å²) in [5, 5.41) is 12.3. The van der Waals surface area contributed by atoms with Crippen LogP contribution in [0.4, 0.5) is 0 Å². The van der Waals surface area contributed by atoms with Crippen LogP contribution in [0.3, 0.4) is 0 Å². The molecule has 2 aromatic carbocycles. The van der Waals surface area contributed by atoms with Crippen molar-refractivity contribution in [1.29, 1.82) is 0 Å². The molecule has 1 saturated heterocycles. The molecule has 7 heteroatoms. The Bertz CT molecular complexity index is 843. The molecule has 0 aromatic heterocycles. The van der Waals surface area contributed by atoms with E-state index < -0.39 is 6.10 Å². The van der Waals surface area contributed by atoms with Gasteiger partial charge in [-0.3, -0.25) is 9.59 Å². The predicted molar refractivity (Wildman–Crippen MR) is 113 cm³/mol. The van der Waals surface area contributed by atoms with Gasteiger partial charge in [0.1, 0.15) is 17.2 Å². The molecule has 2 N–H and O–H groups in total. The zero-order chi connectivity index (χ0) is 21.5. The number of phenols is 1. The smallest absolute Gasteiger partial charge is 0.260 e. The number of phenolic OH excluding ortho intramolecular Hbond substituents is 1. The van der Waals surface area contributed by atoms with Gasteiger partial charge >= 0.3 is 0 Å². The molecule has 7 nitrogen and oxygen atoms in total. The zero-order valence-electron chi connectivity index (χ0n) is 17.3. The molecule has 30 heavy (non-hydrogen) atoms. The standard InChI is InChI=1S/C23H28N2O5/c1-16(30-21-9-5-19(26)6-10-21)23(28)24-18-11-13-25(14-12-18)22(27)15-17-3-7-20(29-2)8-4-17/h3-10,16,18,26H,11-15H2,1-2H3,(H,24,28).